The molecule has 0 atom stereocenters. The molecule has 31 heavy (non-hydrogen) atoms. The smallest absolute Gasteiger partial charge is 0.181 e. The van der Waals surface area contributed by atoms with Crippen LogP contribution >= 0.6 is 0 Å². The molecule has 2 heterocycles. The molecule has 0 fully saturated rings. The summed E-state index contributed by atoms with van der Waals surface area (Å²) in [6, 6.07) is 31.3. The number of nitrogens with zero attached hydrogens (tertiary/aromatic N) is 4. The predicted molar refractivity (Wildman–Crippen MR) is 121 cm³/mol. The number of rotatable bonds is 6. The fourth-order valence-electron chi connectivity index (χ4n) is 4.21. The van der Waals surface area contributed by atoms with E-state index in [-0.39, 0.29) is 0 Å². The van der Waals surface area contributed by atoms with Gasteiger partial charge in [0.25, 0.3) is 0 Å². The fraction of sp³-hybridized carbons (Fsp3) is 0.0800. The molecule has 0 aliphatic heterocycles. The highest BCUT2D eigenvalue weighted by molar-refractivity contribution is 5.83. The second kappa shape index (κ2) is 8.01. The van der Waals surface area contributed by atoms with E-state index in [1.807, 2.05) is 24.5 Å². The van der Waals surface area contributed by atoms with Crippen molar-refractivity contribution >= 4 is 17.0 Å². The molecule has 152 valence electrons. The van der Waals surface area contributed by atoms with Crippen molar-refractivity contribution in [2.75, 3.05) is 12.6 Å². The minimum Gasteiger partial charge on any atom is -0.296 e. The van der Waals surface area contributed by atoms with Gasteiger partial charge in [-0.25, -0.2) is 20.4 Å². The number of fused-ring (bicyclic) bond motifs is 1. The van der Waals surface area contributed by atoms with Gasteiger partial charge < -0.3 is 0 Å². The zero-order valence-corrected chi connectivity index (χ0v) is 17.0. The van der Waals surface area contributed by atoms with E-state index in [9.17, 15) is 0 Å². The molecule has 3 aromatic carbocycles. The maximum atomic E-state index is 5.10. The minimum atomic E-state index is -0.683. The lowest BCUT2D eigenvalue weighted by atomic mass is 9.76. The Morgan fingerprint density at radius 3 is 1.71 bits per heavy atom. The second-order valence-electron chi connectivity index (χ2n) is 7.12. The van der Waals surface area contributed by atoms with E-state index >= 15 is 0 Å². The molecule has 0 unspecified atom stereocenters. The molecule has 0 aliphatic carbocycles. The Kier molecular flexibility index (Phi) is 4.90. The van der Waals surface area contributed by atoms with Crippen molar-refractivity contribution in [1.82, 2.24) is 19.5 Å². The maximum Gasteiger partial charge on any atom is 0.181 e. The van der Waals surface area contributed by atoms with Gasteiger partial charge in [0.15, 0.2) is 17.0 Å². The van der Waals surface area contributed by atoms with Gasteiger partial charge in [0.2, 0.25) is 0 Å². The van der Waals surface area contributed by atoms with Crippen LogP contribution in [0.3, 0.4) is 0 Å². The third-order valence-corrected chi connectivity index (χ3v) is 5.47. The van der Waals surface area contributed by atoms with Crippen LogP contribution in [0.25, 0.3) is 11.2 Å². The second-order valence-corrected chi connectivity index (χ2v) is 7.12. The average molecular weight is 407 g/mol. The Morgan fingerprint density at radius 1 is 0.710 bits per heavy atom. The first-order chi connectivity index (χ1) is 15.4. The molecule has 6 heteroatoms. The SMILES string of the molecule is CONc1ncnc2c1ncn2C(c1ccccc1)(c1ccccc1)c1ccccc1. The molecule has 0 radical (unpaired) electrons. The van der Waals surface area contributed by atoms with Crippen LogP contribution in [0.4, 0.5) is 5.82 Å². The summed E-state index contributed by atoms with van der Waals surface area (Å²) in [5.74, 6) is 0.523. The van der Waals surface area contributed by atoms with Crippen molar-refractivity contribution in [3.63, 3.8) is 0 Å². The van der Waals surface area contributed by atoms with E-state index < -0.39 is 5.54 Å². The third-order valence-electron chi connectivity index (χ3n) is 5.47. The quantitative estimate of drug-likeness (QED) is 0.328. The Labute approximate surface area is 180 Å². The summed E-state index contributed by atoms with van der Waals surface area (Å²) < 4.78 is 2.12. The highest BCUT2D eigenvalue weighted by Gasteiger charge is 2.39. The molecule has 6 nitrogen and oxygen atoms in total. The number of nitrogens with one attached hydrogen (secondary N) is 1. The molecule has 0 saturated carbocycles. The molecule has 0 bridgehead atoms. The highest BCUT2D eigenvalue weighted by Crippen LogP contribution is 2.42. The van der Waals surface area contributed by atoms with Crippen molar-refractivity contribution in [2.45, 2.75) is 5.54 Å². The number of benzene rings is 3. The van der Waals surface area contributed by atoms with E-state index in [2.05, 4.69) is 97.8 Å². The highest BCUT2D eigenvalue weighted by atomic mass is 16.6. The van der Waals surface area contributed by atoms with Crippen molar-refractivity contribution in [3.8, 4) is 0 Å². The first-order valence-corrected chi connectivity index (χ1v) is 10.00. The average Bonchev–Trinajstić information content (AvgIpc) is 3.28. The Balaban J connectivity index is 1.92. The lowest BCUT2D eigenvalue weighted by Crippen LogP contribution is -2.37. The van der Waals surface area contributed by atoms with Crippen LogP contribution < -0.4 is 5.48 Å². The van der Waals surface area contributed by atoms with E-state index in [4.69, 9.17) is 4.84 Å². The normalized spacial score (nSPS) is 11.5. The maximum absolute atomic E-state index is 5.10. The van der Waals surface area contributed by atoms with Gasteiger partial charge in [-0.3, -0.25) is 9.40 Å². The van der Waals surface area contributed by atoms with Crippen LogP contribution in [0, 0.1) is 0 Å². The Hall–Kier alpha value is -4.03. The number of anilines is 1. The first-order valence-electron chi connectivity index (χ1n) is 10.00. The fourth-order valence-corrected chi connectivity index (χ4v) is 4.21. The van der Waals surface area contributed by atoms with Gasteiger partial charge in [0.05, 0.1) is 13.4 Å². The van der Waals surface area contributed by atoms with Gasteiger partial charge in [0, 0.05) is 0 Å². The molecule has 5 rings (SSSR count). The molecule has 0 saturated heterocycles. The summed E-state index contributed by atoms with van der Waals surface area (Å²) in [5.41, 5.74) is 6.77. The Bertz CT molecular complexity index is 1190. The van der Waals surface area contributed by atoms with Gasteiger partial charge in [-0.05, 0) is 16.7 Å². The molecule has 1 N–H and O–H groups in total. The first kappa shape index (κ1) is 19.0. The lowest BCUT2D eigenvalue weighted by molar-refractivity contribution is 0.269. The van der Waals surface area contributed by atoms with E-state index in [1.54, 1.807) is 7.11 Å². The van der Waals surface area contributed by atoms with Crippen molar-refractivity contribution < 1.29 is 4.84 Å². The van der Waals surface area contributed by atoms with E-state index in [0.29, 0.717) is 17.0 Å². The van der Waals surface area contributed by atoms with Crippen LogP contribution in [-0.2, 0) is 10.4 Å². The molecular formula is C25H21N5O. The van der Waals surface area contributed by atoms with Gasteiger partial charge in [0.1, 0.15) is 11.9 Å². The number of hydrogen-bond donors (Lipinski definition) is 1. The Morgan fingerprint density at radius 2 is 1.23 bits per heavy atom. The lowest BCUT2D eigenvalue weighted by Gasteiger charge is -2.37. The summed E-state index contributed by atoms with van der Waals surface area (Å²) in [5, 5.41) is 0. The van der Waals surface area contributed by atoms with Crippen LogP contribution in [-0.4, -0.2) is 26.6 Å². The topological polar surface area (TPSA) is 64.9 Å². The van der Waals surface area contributed by atoms with Gasteiger partial charge >= 0.3 is 0 Å². The van der Waals surface area contributed by atoms with Crippen LogP contribution in [0.5, 0.6) is 0 Å². The monoisotopic (exact) mass is 407 g/mol. The van der Waals surface area contributed by atoms with Crippen molar-refractivity contribution in [1.29, 1.82) is 0 Å². The zero-order chi connectivity index (χ0) is 21.1. The van der Waals surface area contributed by atoms with E-state index in [0.717, 1.165) is 16.7 Å². The number of aromatic nitrogens is 4. The van der Waals surface area contributed by atoms with E-state index in [1.165, 1.54) is 6.33 Å². The molecule has 0 aliphatic rings. The number of hydrogen-bond acceptors (Lipinski definition) is 5. The molecule has 5 aromatic rings. The summed E-state index contributed by atoms with van der Waals surface area (Å²) >= 11 is 0. The van der Waals surface area contributed by atoms with Crippen molar-refractivity contribution in [2.24, 2.45) is 0 Å². The summed E-state index contributed by atoms with van der Waals surface area (Å²) in [6.07, 6.45) is 3.35. The summed E-state index contributed by atoms with van der Waals surface area (Å²) in [4.78, 5) is 18.7. The minimum absolute atomic E-state index is 0.523. The standard InChI is InChI=1S/C25H21N5O/c1-31-29-23-22-24(27-17-26-23)30(18-28-22)25(19-11-5-2-6-12-19,20-13-7-3-8-14-20)21-15-9-4-10-16-21/h2-18H,1H3,(H,26,27,29). The van der Waals surface area contributed by atoms with Gasteiger partial charge in [-0.2, -0.15) is 0 Å². The zero-order valence-electron chi connectivity index (χ0n) is 17.0. The predicted octanol–water partition coefficient (Wildman–Crippen LogP) is 4.64. The molecular weight excluding hydrogens is 386 g/mol. The van der Waals surface area contributed by atoms with Gasteiger partial charge in [-0.1, -0.05) is 91.0 Å². The molecule has 0 amide bonds. The summed E-state index contributed by atoms with van der Waals surface area (Å²) in [7, 11) is 1.55. The molecule has 2 aromatic heterocycles. The summed E-state index contributed by atoms with van der Waals surface area (Å²) in [6.45, 7) is 0. The number of imidazole rings is 1. The van der Waals surface area contributed by atoms with Gasteiger partial charge in [-0.15, -0.1) is 0 Å². The van der Waals surface area contributed by atoms with Crippen LogP contribution in [0.1, 0.15) is 16.7 Å². The third kappa shape index (κ3) is 3.05. The molecule has 0 spiro atoms. The van der Waals surface area contributed by atoms with Crippen LogP contribution in [0.15, 0.2) is 104 Å². The largest absolute Gasteiger partial charge is 0.296 e. The van der Waals surface area contributed by atoms with Crippen LogP contribution in [0.2, 0.25) is 0 Å². The van der Waals surface area contributed by atoms with Crippen molar-refractivity contribution in [3.05, 3.63) is 120 Å².